The van der Waals surface area contributed by atoms with Crippen molar-refractivity contribution in [1.82, 2.24) is 19.1 Å². The Morgan fingerprint density at radius 1 is 0.304 bits per heavy atom. The summed E-state index contributed by atoms with van der Waals surface area (Å²) < 4.78 is 4.82. The van der Waals surface area contributed by atoms with Crippen LogP contribution in [0.1, 0.15) is 0 Å². The van der Waals surface area contributed by atoms with Gasteiger partial charge in [0.15, 0.2) is 5.82 Å². The van der Waals surface area contributed by atoms with E-state index in [0.717, 1.165) is 50.5 Å². The predicted molar refractivity (Wildman–Crippen MR) is 232 cm³/mol. The van der Waals surface area contributed by atoms with Crippen molar-refractivity contribution < 1.29 is 0 Å². The summed E-state index contributed by atoms with van der Waals surface area (Å²) >= 11 is 0. The molecule has 0 fully saturated rings. The molecule has 0 N–H and O–H groups in total. The van der Waals surface area contributed by atoms with Crippen molar-refractivity contribution in [3.05, 3.63) is 206 Å². The van der Waals surface area contributed by atoms with E-state index >= 15 is 0 Å². The molecule has 0 saturated heterocycles. The van der Waals surface area contributed by atoms with Crippen molar-refractivity contribution in [2.45, 2.75) is 0 Å². The molecule has 4 nitrogen and oxygen atoms in total. The highest BCUT2D eigenvalue weighted by Gasteiger charge is 2.21. The zero-order valence-electron chi connectivity index (χ0n) is 30.4. The third-order valence-corrected chi connectivity index (χ3v) is 10.9. The number of fused-ring (bicyclic) bond motifs is 7. The van der Waals surface area contributed by atoms with E-state index in [4.69, 9.17) is 9.97 Å². The molecule has 0 unspecified atom stereocenters. The van der Waals surface area contributed by atoms with Gasteiger partial charge < -0.3 is 9.13 Å². The van der Waals surface area contributed by atoms with Gasteiger partial charge in [0.05, 0.1) is 33.5 Å². The van der Waals surface area contributed by atoms with E-state index in [1.54, 1.807) is 0 Å². The van der Waals surface area contributed by atoms with E-state index in [1.165, 1.54) is 43.7 Å². The Labute approximate surface area is 324 Å². The zero-order valence-corrected chi connectivity index (χ0v) is 30.4. The lowest BCUT2D eigenvalue weighted by Crippen LogP contribution is -1.98. The summed E-state index contributed by atoms with van der Waals surface area (Å²) in [6.45, 7) is 0. The van der Waals surface area contributed by atoms with Gasteiger partial charge in [0.1, 0.15) is 0 Å². The summed E-state index contributed by atoms with van der Waals surface area (Å²) in [7, 11) is 0. The molecule has 0 aliphatic heterocycles. The fraction of sp³-hybridized carbons (Fsp3) is 0. The Hall–Kier alpha value is -7.56. The van der Waals surface area contributed by atoms with Gasteiger partial charge in [0, 0.05) is 49.6 Å². The molecule has 262 valence electrons. The van der Waals surface area contributed by atoms with Crippen molar-refractivity contribution in [3.63, 3.8) is 0 Å². The Kier molecular flexibility index (Phi) is 7.46. The third-order valence-electron chi connectivity index (χ3n) is 10.9. The van der Waals surface area contributed by atoms with Crippen molar-refractivity contribution in [3.8, 4) is 56.4 Å². The first kappa shape index (κ1) is 31.9. The van der Waals surface area contributed by atoms with Gasteiger partial charge in [0.2, 0.25) is 0 Å². The maximum Gasteiger partial charge on any atom is 0.160 e. The van der Waals surface area contributed by atoms with Crippen LogP contribution >= 0.6 is 0 Å². The van der Waals surface area contributed by atoms with Gasteiger partial charge in [-0.1, -0.05) is 158 Å². The van der Waals surface area contributed by atoms with E-state index in [0.29, 0.717) is 5.82 Å². The van der Waals surface area contributed by atoms with E-state index < -0.39 is 0 Å². The second-order valence-electron chi connectivity index (χ2n) is 14.2. The summed E-state index contributed by atoms with van der Waals surface area (Å²) in [6.07, 6.45) is 0. The molecule has 0 aliphatic rings. The highest BCUT2D eigenvalue weighted by atomic mass is 15.0. The second-order valence-corrected chi connectivity index (χ2v) is 14.2. The lowest BCUT2D eigenvalue weighted by atomic mass is 10.0. The van der Waals surface area contributed by atoms with Gasteiger partial charge in [-0.25, -0.2) is 9.97 Å². The summed E-state index contributed by atoms with van der Waals surface area (Å²) in [5.74, 6) is 0.683. The first-order chi connectivity index (χ1) is 27.8. The first-order valence-electron chi connectivity index (χ1n) is 19.0. The fourth-order valence-electron chi connectivity index (χ4n) is 8.36. The van der Waals surface area contributed by atoms with E-state index in [-0.39, 0.29) is 0 Å². The van der Waals surface area contributed by atoms with Crippen LogP contribution in [0.25, 0.3) is 100 Å². The SMILES string of the molecule is c1ccc(-c2ccc(-c3cc(-c4ccccc4)nc(-c4cccc(-n5c6ccccc6c6c5ccc5c7ccccc7n(-c7ccccc7)c56)c4)n3)cc2)cc1. The van der Waals surface area contributed by atoms with Crippen LogP contribution in [0.2, 0.25) is 0 Å². The molecule has 3 heterocycles. The Morgan fingerprint density at radius 2 is 0.821 bits per heavy atom. The maximum absolute atomic E-state index is 5.24. The molecule has 0 bridgehead atoms. The molecule has 0 saturated carbocycles. The number of rotatable bonds is 6. The molecule has 4 heteroatoms. The van der Waals surface area contributed by atoms with Gasteiger partial charge in [-0.2, -0.15) is 0 Å². The number of aromatic nitrogens is 4. The summed E-state index contributed by atoms with van der Waals surface area (Å²) in [5, 5.41) is 4.92. The molecule has 11 aromatic rings. The molecule has 56 heavy (non-hydrogen) atoms. The smallest absolute Gasteiger partial charge is 0.160 e. The number of hydrogen-bond acceptors (Lipinski definition) is 2. The minimum atomic E-state index is 0.683. The van der Waals surface area contributed by atoms with Crippen LogP contribution in [0.5, 0.6) is 0 Å². The molecule has 8 aromatic carbocycles. The van der Waals surface area contributed by atoms with Crippen LogP contribution in [0.3, 0.4) is 0 Å². The maximum atomic E-state index is 5.24. The van der Waals surface area contributed by atoms with E-state index in [1.807, 2.05) is 12.1 Å². The molecule has 11 rings (SSSR count). The number of benzene rings is 8. The van der Waals surface area contributed by atoms with Crippen molar-refractivity contribution in [2.24, 2.45) is 0 Å². The monoisotopic (exact) mass is 714 g/mol. The summed E-state index contributed by atoms with van der Waals surface area (Å²) in [5.41, 5.74) is 14.1. The topological polar surface area (TPSA) is 35.6 Å². The molecule has 0 radical (unpaired) electrons. The predicted octanol–water partition coefficient (Wildman–Crippen LogP) is 13.3. The van der Waals surface area contributed by atoms with Crippen LogP contribution in [-0.2, 0) is 0 Å². The Balaban J connectivity index is 1.11. The number of hydrogen-bond donors (Lipinski definition) is 0. The number of nitrogens with zero attached hydrogens (tertiary/aromatic N) is 4. The van der Waals surface area contributed by atoms with Crippen molar-refractivity contribution in [2.75, 3.05) is 0 Å². The molecule has 3 aromatic heterocycles. The normalized spacial score (nSPS) is 11.6. The summed E-state index contributed by atoms with van der Waals surface area (Å²) in [6, 6.07) is 73.1. The summed E-state index contributed by atoms with van der Waals surface area (Å²) in [4.78, 5) is 10.4. The van der Waals surface area contributed by atoms with Gasteiger partial charge in [-0.15, -0.1) is 0 Å². The Morgan fingerprint density at radius 3 is 1.54 bits per heavy atom. The number of para-hydroxylation sites is 3. The van der Waals surface area contributed by atoms with Crippen LogP contribution in [0, 0.1) is 0 Å². The zero-order chi connectivity index (χ0) is 37.0. The molecule has 0 atom stereocenters. The molecule has 0 aliphatic carbocycles. The van der Waals surface area contributed by atoms with Gasteiger partial charge in [-0.05, 0) is 59.7 Å². The van der Waals surface area contributed by atoms with Crippen molar-refractivity contribution >= 4 is 43.6 Å². The van der Waals surface area contributed by atoms with Gasteiger partial charge in [-0.3, -0.25) is 0 Å². The highest BCUT2D eigenvalue weighted by Crippen LogP contribution is 2.42. The van der Waals surface area contributed by atoms with Crippen LogP contribution < -0.4 is 0 Å². The molecular formula is C52H34N4. The average molecular weight is 715 g/mol. The van der Waals surface area contributed by atoms with E-state index in [2.05, 4.69) is 203 Å². The average Bonchev–Trinajstić information content (AvgIpc) is 3.80. The lowest BCUT2D eigenvalue weighted by molar-refractivity contribution is 1.16. The van der Waals surface area contributed by atoms with Crippen LogP contribution in [0.4, 0.5) is 0 Å². The third kappa shape index (κ3) is 5.23. The van der Waals surface area contributed by atoms with Crippen LogP contribution in [0.15, 0.2) is 206 Å². The van der Waals surface area contributed by atoms with E-state index in [9.17, 15) is 0 Å². The quantitative estimate of drug-likeness (QED) is 0.172. The molecule has 0 amide bonds. The minimum absolute atomic E-state index is 0.683. The second kappa shape index (κ2) is 13.1. The standard InChI is InChI=1S/C52H34N4/c1-4-15-35(16-5-1)36-27-29-38(30-28-36)46-34-45(37-17-6-2-7-18-37)53-52(54-46)39-19-14-22-41(33-39)55-48-26-13-11-24-44(48)50-49(55)32-31-43-42-23-10-12-25-47(42)56(51(43)50)40-20-8-3-9-21-40/h1-34H. The van der Waals surface area contributed by atoms with Gasteiger partial charge >= 0.3 is 0 Å². The van der Waals surface area contributed by atoms with Crippen molar-refractivity contribution in [1.29, 1.82) is 0 Å². The fourth-order valence-corrected chi connectivity index (χ4v) is 8.36. The minimum Gasteiger partial charge on any atom is -0.309 e. The first-order valence-corrected chi connectivity index (χ1v) is 19.0. The largest absolute Gasteiger partial charge is 0.309 e. The van der Waals surface area contributed by atoms with Gasteiger partial charge in [0.25, 0.3) is 0 Å². The molecule has 0 spiro atoms. The Bertz CT molecular complexity index is 3220. The highest BCUT2D eigenvalue weighted by molar-refractivity contribution is 6.26. The van der Waals surface area contributed by atoms with Crippen LogP contribution in [-0.4, -0.2) is 19.1 Å². The molecular weight excluding hydrogens is 681 g/mol. The lowest BCUT2D eigenvalue weighted by Gasteiger charge is -2.12.